The maximum atomic E-state index is 12.8. The molecule has 0 aliphatic carbocycles. The van der Waals surface area contributed by atoms with Crippen LogP contribution in [0.5, 0.6) is 0 Å². The molecule has 2 N–H and O–H groups in total. The first kappa shape index (κ1) is 51.5. The number of aliphatic hydroxyl groups excluding tert-OH is 1. The molecule has 0 aromatic carbocycles. The van der Waals surface area contributed by atoms with E-state index in [0.29, 0.717) is 17.4 Å². The zero-order valence-corrected chi connectivity index (χ0v) is 35.8. The lowest BCUT2D eigenvalue weighted by Gasteiger charge is -2.29. The highest BCUT2D eigenvalue weighted by Crippen LogP contribution is 2.38. The van der Waals surface area contributed by atoms with Gasteiger partial charge >= 0.3 is 0 Å². The average molecular weight is 767 g/mol. The van der Waals surface area contributed by atoms with Gasteiger partial charge in [-0.2, -0.15) is 0 Å². The molecule has 9 heteroatoms. The van der Waals surface area contributed by atoms with E-state index in [9.17, 15) is 19.4 Å². The fraction of sp³-hybridized carbons (Fsp3) is 0.795. The summed E-state index contributed by atoms with van der Waals surface area (Å²) in [6.07, 6.45) is 44.4. The van der Waals surface area contributed by atoms with Gasteiger partial charge in [-0.3, -0.25) is 9.36 Å². The van der Waals surface area contributed by atoms with E-state index in [-0.39, 0.29) is 12.5 Å². The lowest BCUT2D eigenvalue weighted by atomic mass is 10.1. The van der Waals surface area contributed by atoms with Gasteiger partial charge in [-0.15, -0.1) is 0 Å². The van der Waals surface area contributed by atoms with Crippen LogP contribution >= 0.6 is 7.82 Å². The van der Waals surface area contributed by atoms with Gasteiger partial charge in [0, 0.05) is 6.42 Å². The molecule has 0 spiro atoms. The zero-order valence-electron chi connectivity index (χ0n) is 35.0. The summed E-state index contributed by atoms with van der Waals surface area (Å²) >= 11 is 0. The van der Waals surface area contributed by atoms with Gasteiger partial charge < -0.3 is 28.8 Å². The SMILES string of the molecule is CCCCCC/C=C\CCCCCCCCCC(=O)NC(COP(=O)([O-])OCC[N+](C)(C)C)C(O)/C=C/CC/C=C/CC/C=C/CCCCCCCC. The van der Waals surface area contributed by atoms with Crippen LogP contribution in [0.1, 0.15) is 174 Å². The lowest BCUT2D eigenvalue weighted by molar-refractivity contribution is -0.870. The van der Waals surface area contributed by atoms with Crippen LogP contribution in [0.3, 0.4) is 0 Å². The smallest absolute Gasteiger partial charge is 0.268 e. The van der Waals surface area contributed by atoms with Gasteiger partial charge in [0.2, 0.25) is 5.91 Å². The second kappa shape index (κ2) is 36.1. The molecule has 0 bridgehead atoms. The third-order valence-electron chi connectivity index (χ3n) is 9.24. The Morgan fingerprint density at radius 2 is 1.06 bits per heavy atom. The predicted octanol–water partition coefficient (Wildman–Crippen LogP) is 11.1. The fourth-order valence-corrected chi connectivity index (χ4v) is 6.49. The minimum Gasteiger partial charge on any atom is -0.756 e. The molecule has 53 heavy (non-hydrogen) atoms. The highest BCUT2D eigenvalue weighted by molar-refractivity contribution is 7.45. The largest absolute Gasteiger partial charge is 0.756 e. The van der Waals surface area contributed by atoms with Gasteiger partial charge in [-0.1, -0.05) is 146 Å². The Bertz CT molecular complexity index is 1010. The number of phosphoric acid groups is 1. The van der Waals surface area contributed by atoms with E-state index in [1.807, 2.05) is 27.2 Å². The summed E-state index contributed by atoms with van der Waals surface area (Å²) in [6.45, 7) is 4.57. The molecule has 0 saturated carbocycles. The summed E-state index contributed by atoms with van der Waals surface area (Å²) in [5.41, 5.74) is 0. The van der Waals surface area contributed by atoms with Gasteiger partial charge in [-0.05, 0) is 70.6 Å². The van der Waals surface area contributed by atoms with Crippen LogP contribution in [0.4, 0.5) is 0 Å². The van der Waals surface area contributed by atoms with Gasteiger partial charge in [0.1, 0.15) is 13.2 Å². The second-order valence-electron chi connectivity index (χ2n) is 15.7. The highest BCUT2D eigenvalue weighted by Gasteiger charge is 2.23. The van der Waals surface area contributed by atoms with E-state index in [0.717, 1.165) is 44.9 Å². The second-order valence-corrected chi connectivity index (χ2v) is 17.1. The molecule has 0 rings (SSSR count). The molecular formula is C44H83N2O6P. The predicted molar refractivity (Wildman–Crippen MR) is 224 cm³/mol. The Morgan fingerprint density at radius 3 is 1.55 bits per heavy atom. The molecule has 310 valence electrons. The lowest BCUT2D eigenvalue weighted by Crippen LogP contribution is -2.45. The van der Waals surface area contributed by atoms with Gasteiger partial charge in [0.25, 0.3) is 7.82 Å². The first-order valence-corrected chi connectivity index (χ1v) is 23.0. The van der Waals surface area contributed by atoms with Crippen LogP contribution in [-0.4, -0.2) is 68.5 Å². The van der Waals surface area contributed by atoms with Crippen LogP contribution in [0.25, 0.3) is 0 Å². The fourth-order valence-electron chi connectivity index (χ4n) is 5.76. The number of amides is 1. The van der Waals surface area contributed by atoms with E-state index in [1.54, 1.807) is 6.08 Å². The minimum absolute atomic E-state index is 0.0109. The third-order valence-corrected chi connectivity index (χ3v) is 10.2. The maximum Gasteiger partial charge on any atom is 0.268 e. The molecule has 0 saturated heterocycles. The van der Waals surface area contributed by atoms with Crippen molar-refractivity contribution in [3.63, 3.8) is 0 Å². The van der Waals surface area contributed by atoms with Crippen molar-refractivity contribution in [2.24, 2.45) is 0 Å². The number of carbonyl (C=O) groups excluding carboxylic acids is 1. The molecule has 0 aliphatic rings. The molecule has 0 aromatic heterocycles. The van der Waals surface area contributed by atoms with E-state index in [2.05, 4.69) is 55.6 Å². The van der Waals surface area contributed by atoms with Crippen molar-refractivity contribution in [3.05, 3.63) is 48.6 Å². The number of rotatable bonds is 38. The number of phosphoric ester groups is 1. The van der Waals surface area contributed by atoms with E-state index < -0.39 is 26.6 Å². The van der Waals surface area contributed by atoms with E-state index in [4.69, 9.17) is 9.05 Å². The number of unbranched alkanes of at least 4 members (excludes halogenated alkanes) is 19. The van der Waals surface area contributed by atoms with Crippen LogP contribution in [0.2, 0.25) is 0 Å². The number of nitrogens with one attached hydrogen (secondary N) is 1. The Morgan fingerprint density at radius 1 is 0.642 bits per heavy atom. The van der Waals surface area contributed by atoms with Gasteiger partial charge in [-0.25, -0.2) is 0 Å². The number of likely N-dealkylation sites (N-methyl/N-ethyl adjacent to an activating group) is 1. The quantitative estimate of drug-likeness (QED) is 0.0280. The van der Waals surface area contributed by atoms with Gasteiger partial charge in [0.05, 0.1) is 39.9 Å². The Hall–Kier alpha value is -1.54. The molecule has 0 heterocycles. The Labute approximate surface area is 327 Å². The topological polar surface area (TPSA) is 108 Å². The Kier molecular flexibility index (Phi) is 35.1. The number of hydrogen-bond acceptors (Lipinski definition) is 6. The summed E-state index contributed by atoms with van der Waals surface area (Å²) in [4.78, 5) is 25.2. The average Bonchev–Trinajstić information content (AvgIpc) is 3.10. The summed E-state index contributed by atoms with van der Waals surface area (Å²) < 4.78 is 23.1. The molecule has 3 atom stereocenters. The van der Waals surface area contributed by atoms with Gasteiger partial charge in [0.15, 0.2) is 0 Å². The number of aliphatic hydroxyl groups is 1. The number of hydrogen-bond donors (Lipinski definition) is 2. The first-order chi connectivity index (χ1) is 25.5. The van der Waals surface area contributed by atoms with E-state index in [1.165, 1.54) is 109 Å². The van der Waals surface area contributed by atoms with Crippen molar-refractivity contribution in [2.75, 3.05) is 40.9 Å². The zero-order chi connectivity index (χ0) is 39.3. The number of nitrogens with zero attached hydrogens (tertiary/aromatic N) is 1. The molecule has 8 nitrogen and oxygen atoms in total. The van der Waals surface area contributed by atoms with Crippen molar-refractivity contribution in [1.29, 1.82) is 0 Å². The standard InChI is InChI=1S/C44H83N2O6P/c1-6-8-10-12-14-16-18-20-22-24-25-27-29-31-33-35-37-43(47)42(41-52-53(49,50)51-40-39-46(3,4)5)45-44(48)38-36-34-32-30-28-26-23-21-19-17-15-13-11-9-7-2/h17,19-20,22,27,29,35,37,42-43,47H,6-16,18,21,23-26,28,30-34,36,38-41H2,1-5H3,(H-,45,48,49,50)/b19-17-,22-20+,29-27+,37-35+. The summed E-state index contributed by atoms with van der Waals surface area (Å²) in [5.74, 6) is -0.219. The molecule has 3 unspecified atom stereocenters. The van der Waals surface area contributed by atoms with Crippen molar-refractivity contribution in [3.8, 4) is 0 Å². The van der Waals surface area contributed by atoms with Crippen molar-refractivity contribution < 1.29 is 32.9 Å². The van der Waals surface area contributed by atoms with Crippen molar-refractivity contribution in [2.45, 2.75) is 187 Å². The summed E-state index contributed by atoms with van der Waals surface area (Å²) in [7, 11) is 1.23. The molecule has 0 aliphatic heterocycles. The molecule has 0 aromatic rings. The monoisotopic (exact) mass is 767 g/mol. The van der Waals surface area contributed by atoms with Crippen LogP contribution in [0, 0.1) is 0 Å². The minimum atomic E-state index is -4.60. The molecular weight excluding hydrogens is 683 g/mol. The maximum absolute atomic E-state index is 12.8. The van der Waals surface area contributed by atoms with Crippen molar-refractivity contribution in [1.82, 2.24) is 5.32 Å². The van der Waals surface area contributed by atoms with Crippen LogP contribution in [-0.2, 0) is 18.4 Å². The number of carbonyl (C=O) groups is 1. The normalized spacial score (nSPS) is 14.9. The van der Waals surface area contributed by atoms with E-state index >= 15 is 0 Å². The molecule has 0 radical (unpaired) electrons. The summed E-state index contributed by atoms with van der Waals surface area (Å²) in [5, 5.41) is 13.7. The number of quaternary nitrogens is 1. The third kappa shape index (κ3) is 38.5. The molecule has 1 amide bonds. The first-order valence-electron chi connectivity index (χ1n) is 21.5. The van der Waals surface area contributed by atoms with Crippen LogP contribution in [0.15, 0.2) is 48.6 Å². The van der Waals surface area contributed by atoms with Crippen LogP contribution < -0.4 is 10.2 Å². The summed E-state index contributed by atoms with van der Waals surface area (Å²) in [6, 6.07) is -0.910. The highest BCUT2D eigenvalue weighted by atomic mass is 31.2. The Balaban J connectivity index is 4.55. The molecule has 0 fully saturated rings. The number of allylic oxidation sites excluding steroid dienone is 7. The van der Waals surface area contributed by atoms with Crippen molar-refractivity contribution >= 4 is 13.7 Å².